The second-order valence-electron chi connectivity index (χ2n) is 3.58. The molecule has 0 aromatic heterocycles. The van der Waals surface area contributed by atoms with Gasteiger partial charge in [0, 0.05) is 32.7 Å². The standard InChI is InChI=1S/C10H23N3O2/c1-9(2)15-10(14)3-5-12-7-8-13-6-4-11/h9,12-13H,3-8,11H2,1-2H3. The summed E-state index contributed by atoms with van der Waals surface area (Å²) in [5.74, 6) is -0.146. The van der Waals surface area contributed by atoms with E-state index >= 15 is 0 Å². The molecule has 15 heavy (non-hydrogen) atoms. The van der Waals surface area contributed by atoms with Gasteiger partial charge < -0.3 is 21.1 Å². The number of esters is 1. The maximum Gasteiger partial charge on any atom is 0.307 e. The number of carbonyl (C=O) groups is 1. The molecule has 5 heteroatoms. The van der Waals surface area contributed by atoms with Crippen LogP contribution in [0.1, 0.15) is 20.3 Å². The Labute approximate surface area is 91.7 Å². The maximum absolute atomic E-state index is 11.1. The molecule has 0 amide bonds. The molecule has 0 aliphatic rings. The molecule has 0 spiro atoms. The van der Waals surface area contributed by atoms with Gasteiger partial charge in [0.1, 0.15) is 0 Å². The first-order valence-corrected chi connectivity index (χ1v) is 5.47. The van der Waals surface area contributed by atoms with E-state index in [2.05, 4.69) is 10.6 Å². The van der Waals surface area contributed by atoms with Gasteiger partial charge in [-0.2, -0.15) is 0 Å². The Morgan fingerprint density at radius 3 is 2.33 bits per heavy atom. The summed E-state index contributed by atoms with van der Waals surface area (Å²) in [5.41, 5.74) is 5.31. The number of ether oxygens (including phenoxy) is 1. The highest BCUT2D eigenvalue weighted by Crippen LogP contribution is 1.91. The average Bonchev–Trinajstić information content (AvgIpc) is 2.15. The zero-order valence-corrected chi connectivity index (χ0v) is 9.71. The van der Waals surface area contributed by atoms with Crippen molar-refractivity contribution in [2.75, 3.05) is 32.7 Å². The molecule has 0 aliphatic heterocycles. The number of nitrogens with two attached hydrogens (primary N) is 1. The van der Waals surface area contributed by atoms with E-state index in [4.69, 9.17) is 10.5 Å². The lowest BCUT2D eigenvalue weighted by Gasteiger charge is -2.08. The fourth-order valence-electron chi connectivity index (χ4n) is 1.04. The summed E-state index contributed by atoms with van der Waals surface area (Å²) < 4.78 is 4.98. The fourth-order valence-corrected chi connectivity index (χ4v) is 1.04. The van der Waals surface area contributed by atoms with Crippen molar-refractivity contribution < 1.29 is 9.53 Å². The lowest BCUT2D eigenvalue weighted by atomic mass is 10.4. The summed E-state index contributed by atoms with van der Waals surface area (Å²) >= 11 is 0. The van der Waals surface area contributed by atoms with Crippen molar-refractivity contribution in [2.24, 2.45) is 5.73 Å². The summed E-state index contributed by atoms with van der Waals surface area (Å²) in [4.78, 5) is 11.1. The van der Waals surface area contributed by atoms with Gasteiger partial charge in [0.05, 0.1) is 12.5 Å². The molecule has 0 unspecified atom stereocenters. The molecule has 0 aromatic rings. The zero-order valence-electron chi connectivity index (χ0n) is 9.71. The highest BCUT2D eigenvalue weighted by Gasteiger charge is 2.03. The van der Waals surface area contributed by atoms with Gasteiger partial charge in [0.25, 0.3) is 0 Å². The van der Waals surface area contributed by atoms with Gasteiger partial charge in [-0.1, -0.05) is 0 Å². The number of hydrogen-bond acceptors (Lipinski definition) is 5. The van der Waals surface area contributed by atoms with E-state index in [0.29, 0.717) is 19.5 Å². The second-order valence-corrected chi connectivity index (χ2v) is 3.58. The van der Waals surface area contributed by atoms with Crippen molar-refractivity contribution in [1.29, 1.82) is 0 Å². The van der Waals surface area contributed by atoms with Gasteiger partial charge in [-0.15, -0.1) is 0 Å². The number of nitrogens with one attached hydrogen (secondary N) is 2. The van der Waals surface area contributed by atoms with Crippen LogP contribution in [-0.2, 0) is 9.53 Å². The Bertz CT molecular complexity index is 163. The van der Waals surface area contributed by atoms with Crippen molar-refractivity contribution in [3.63, 3.8) is 0 Å². The number of carbonyl (C=O) groups excluding carboxylic acids is 1. The van der Waals surface area contributed by atoms with Crippen LogP contribution in [-0.4, -0.2) is 44.8 Å². The van der Waals surface area contributed by atoms with Crippen molar-refractivity contribution in [1.82, 2.24) is 10.6 Å². The third-order valence-corrected chi connectivity index (χ3v) is 1.67. The zero-order chi connectivity index (χ0) is 11.5. The van der Waals surface area contributed by atoms with Crippen LogP contribution in [0.5, 0.6) is 0 Å². The first-order valence-electron chi connectivity index (χ1n) is 5.47. The highest BCUT2D eigenvalue weighted by molar-refractivity contribution is 5.69. The maximum atomic E-state index is 11.1. The van der Waals surface area contributed by atoms with Gasteiger partial charge in [-0.25, -0.2) is 0 Å². The molecule has 0 saturated heterocycles. The topological polar surface area (TPSA) is 76.4 Å². The smallest absolute Gasteiger partial charge is 0.307 e. The average molecular weight is 217 g/mol. The van der Waals surface area contributed by atoms with Gasteiger partial charge in [-0.05, 0) is 13.8 Å². The largest absolute Gasteiger partial charge is 0.463 e. The predicted molar refractivity (Wildman–Crippen MR) is 60.6 cm³/mol. The van der Waals surface area contributed by atoms with E-state index in [-0.39, 0.29) is 12.1 Å². The molecule has 0 heterocycles. The van der Waals surface area contributed by atoms with Gasteiger partial charge >= 0.3 is 5.97 Å². The van der Waals surface area contributed by atoms with Gasteiger partial charge in [-0.3, -0.25) is 4.79 Å². The predicted octanol–water partition coefficient (Wildman–Crippen LogP) is -0.534. The highest BCUT2D eigenvalue weighted by atomic mass is 16.5. The van der Waals surface area contributed by atoms with E-state index in [1.54, 1.807) is 0 Å². The molecule has 0 aliphatic carbocycles. The Balaban J connectivity index is 3.13. The van der Waals surface area contributed by atoms with Crippen LogP contribution in [0.15, 0.2) is 0 Å². The van der Waals surface area contributed by atoms with Crippen LogP contribution in [0.2, 0.25) is 0 Å². The summed E-state index contributed by atoms with van der Waals surface area (Å²) in [6.45, 7) is 7.56. The summed E-state index contributed by atoms with van der Waals surface area (Å²) in [5, 5.41) is 6.30. The van der Waals surface area contributed by atoms with E-state index in [1.807, 2.05) is 13.8 Å². The molecule has 0 radical (unpaired) electrons. The summed E-state index contributed by atoms with van der Waals surface area (Å²) in [6.07, 6.45) is 0.401. The minimum atomic E-state index is -0.146. The second kappa shape index (κ2) is 9.89. The normalized spacial score (nSPS) is 10.7. The van der Waals surface area contributed by atoms with Gasteiger partial charge in [0.15, 0.2) is 0 Å². The van der Waals surface area contributed by atoms with Crippen LogP contribution >= 0.6 is 0 Å². The van der Waals surface area contributed by atoms with Crippen molar-refractivity contribution >= 4 is 5.97 Å². The van der Waals surface area contributed by atoms with Crippen LogP contribution in [0, 0.1) is 0 Å². The minimum Gasteiger partial charge on any atom is -0.463 e. The number of hydrogen-bond donors (Lipinski definition) is 3. The molecular formula is C10H23N3O2. The lowest BCUT2D eigenvalue weighted by molar-refractivity contribution is -0.147. The van der Waals surface area contributed by atoms with E-state index in [1.165, 1.54) is 0 Å². The third kappa shape index (κ3) is 11.3. The molecule has 0 rings (SSSR count). The van der Waals surface area contributed by atoms with Crippen molar-refractivity contribution in [3.8, 4) is 0 Å². The summed E-state index contributed by atoms with van der Waals surface area (Å²) in [7, 11) is 0. The van der Waals surface area contributed by atoms with Crippen LogP contribution in [0.4, 0.5) is 0 Å². The molecule has 0 atom stereocenters. The quantitative estimate of drug-likeness (QED) is 0.357. The van der Waals surface area contributed by atoms with Gasteiger partial charge in [0.2, 0.25) is 0 Å². The first-order chi connectivity index (χ1) is 7.16. The Kier molecular flexibility index (Phi) is 9.46. The van der Waals surface area contributed by atoms with E-state index < -0.39 is 0 Å². The molecule has 90 valence electrons. The Morgan fingerprint density at radius 2 is 1.80 bits per heavy atom. The third-order valence-electron chi connectivity index (χ3n) is 1.67. The molecule has 4 N–H and O–H groups in total. The van der Waals surface area contributed by atoms with Crippen LogP contribution in [0.25, 0.3) is 0 Å². The SMILES string of the molecule is CC(C)OC(=O)CCNCCNCCN. The minimum absolute atomic E-state index is 0.0243. The molecule has 0 aromatic carbocycles. The first kappa shape index (κ1) is 14.3. The lowest BCUT2D eigenvalue weighted by Crippen LogP contribution is -2.31. The van der Waals surface area contributed by atoms with Crippen molar-refractivity contribution in [3.05, 3.63) is 0 Å². The molecule has 0 bridgehead atoms. The number of rotatable bonds is 9. The fraction of sp³-hybridized carbons (Fsp3) is 0.900. The van der Waals surface area contributed by atoms with Crippen molar-refractivity contribution in [2.45, 2.75) is 26.4 Å². The molecular weight excluding hydrogens is 194 g/mol. The monoisotopic (exact) mass is 217 g/mol. The Morgan fingerprint density at radius 1 is 1.20 bits per heavy atom. The Hall–Kier alpha value is -0.650. The van der Waals surface area contributed by atoms with Crippen LogP contribution in [0.3, 0.4) is 0 Å². The van der Waals surface area contributed by atoms with Crippen LogP contribution < -0.4 is 16.4 Å². The van der Waals surface area contributed by atoms with E-state index in [9.17, 15) is 4.79 Å². The van der Waals surface area contributed by atoms with E-state index in [0.717, 1.165) is 19.6 Å². The summed E-state index contributed by atoms with van der Waals surface area (Å²) in [6, 6.07) is 0. The molecule has 5 nitrogen and oxygen atoms in total. The molecule has 0 saturated carbocycles. The molecule has 0 fully saturated rings.